The fourth-order valence-corrected chi connectivity index (χ4v) is 3.99. The number of piperidine rings is 1. The van der Waals surface area contributed by atoms with Crippen LogP contribution in [0.1, 0.15) is 42.5 Å². The first kappa shape index (κ1) is 17.7. The molecule has 0 saturated carbocycles. The molecule has 0 radical (unpaired) electrons. The van der Waals surface area contributed by atoms with E-state index in [1.807, 2.05) is 0 Å². The predicted molar refractivity (Wildman–Crippen MR) is 96.9 cm³/mol. The van der Waals surface area contributed by atoms with Crippen molar-refractivity contribution in [2.45, 2.75) is 44.2 Å². The van der Waals surface area contributed by atoms with E-state index >= 15 is 0 Å². The minimum Gasteiger partial charge on any atom is -0.495 e. The molecule has 6 nitrogen and oxygen atoms in total. The number of carbonyl (C=O) groups excluding carboxylic acids is 2. The average molecular weight is 345 g/mol. The second kappa shape index (κ2) is 7.44. The zero-order valence-electron chi connectivity index (χ0n) is 15.2. The van der Waals surface area contributed by atoms with Gasteiger partial charge in [-0.1, -0.05) is 0 Å². The molecule has 1 aromatic rings. The first-order valence-electron chi connectivity index (χ1n) is 8.92. The number of ether oxygens (including phenoxy) is 1. The Balaban J connectivity index is 1.63. The Morgan fingerprint density at radius 1 is 1.24 bits per heavy atom. The Hall–Kier alpha value is -2.08. The second-order valence-corrected chi connectivity index (χ2v) is 7.34. The van der Waals surface area contributed by atoms with E-state index in [-0.39, 0.29) is 11.8 Å². The van der Waals surface area contributed by atoms with Crippen LogP contribution in [0, 0.1) is 5.92 Å². The Bertz CT molecular complexity index is 647. The van der Waals surface area contributed by atoms with Crippen LogP contribution in [0.2, 0.25) is 0 Å². The quantitative estimate of drug-likeness (QED) is 0.859. The van der Waals surface area contributed by atoms with Crippen molar-refractivity contribution in [3.63, 3.8) is 0 Å². The molecule has 6 heteroatoms. The molecule has 0 spiro atoms. The molecule has 2 N–H and O–H groups in total. The molecule has 2 unspecified atom stereocenters. The number of hydrogen-bond acceptors (Lipinski definition) is 4. The number of methoxy groups -OCH3 is 1. The van der Waals surface area contributed by atoms with Gasteiger partial charge in [-0.05, 0) is 49.8 Å². The average Bonchev–Trinajstić information content (AvgIpc) is 2.92. The molecule has 0 aliphatic carbocycles. The third-order valence-electron chi connectivity index (χ3n) is 5.17. The zero-order chi connectivity index (χ0) is 18.0. The number of hydrogen-bond donors (Lipinski definition) is 2. The van der Waals surface area contributed by atoms with E-state index in [9.17, 15) is 9.59 Å². The minimum atomic E-state index is -0.0960. The summed E-state index contributed by atoms with van der Waals surface area (Å²) in [7, 11) is 4.95. The third-order valence-corrected chi connectivity index (χ3v) is 5.17. The SMILES string of the molecule is COc1cc(C(=O)N(C)C)ccc1NC(=O)CC1CC2CCC(C1)N2. The molecule has 1 aromatic carbocycles. The minimum absolute atomic E-state index is 0.0105. The lowest BCUT2D eigenvalue weighted by Crippen LogP contribution is -2.39. The molecular weight excluding hydrogens is 318 g/mol. The smallest absolute Gasteiger partial charge is 0.253 e. The summed E-state index contributed by atoms with van der Waals surface area (Å²) in [6.45, 7) is 0. The number of carbonyl (C=O) groups is 2. The summed E-state index contributed by atoms with van der Waals surface area (Å²) in [5.41, 5.74) is 1.15. The van der Waals surface area contributed by atoms with Gasteiger partial charge in [0.05, 0.1) is 12.8 Å². The van der Waals surface area contributed by atoms with E-state index in [0.717, 1.165) is 12.8 Å². The lowest BCUT2D eigenvalue weighted by atomic mass is 9.89. The van der Waals surface area contributed by atoms with Crippen molar-refractivity contribution in [1.29, 1.82) is 0 Å². The topological polar surface area (TPSA) is 70.7 Å². The van der Waals surface area contributed by atoms with Gasteiger partial charge in [0.25, 0.3) is 5.91 Å². The van der Waals surface area contributed by atoms with Gasteiger partial charge in [-0.2, -0.15) is 0 Å². The van der Waals surface area contributed by atoms with Gasteiger partial charge in [-0.15, -0.1) is 0 Å². The van der Waals surface area contributed by atoms with Gasteiger partial charge >= 0.3 is 0 Å². The summed E-state index contributed by atoms with van der Waals surface area (Å²) in [6.07, 6.45) is 5.17. The molecule has 2 atom stereocenters. The normalized spacial score (nSPS) is 24.7. The van der Waals surface area contributed by atoms with E-state index in [2.05, 4.69) is 10.6 Å². The molecule has 2 bridgehead atoms. The molecule has 2 amide bonds. The van der Waals surface area contributed by atoms with Gasteiger partial charge in [-0.25, -0.2) is 0 Å². The van der Waals surface area contributed by atoms with Gasteiger partial charge in [-0.3, -0.25) is 9.59 Å². The first-order valence-corrected chi connectivity index (χ1v) is 8.92. The van der Waals surface area contributed by atoms with Crippen molar-refractivity contribution >= 4 is 17.5 Å². The summed E-state index contributed by atoms with van der Waals surface area (Å²) in [5.74, 6) is 0.864. The zero-order valence-corrected chi connectivity index (χ0v) is 15.2. The fraction of sp³-hybridized carbons (Fsp3) is 0.579. The molecule has 25 heavy (non-hydrogen) atoms. The van der Waals surface area contributed by atoms with Crippen LogP contribution in [0.4, 0.5) is 5.69 Å². The van der Waals surface area contributed by atoms with Crippen LogP contribution in [-0.4, -0.2) is 50.0 Å². The monoisotopic (exact) mass is 345 g/mol. The number of nitrogens with one attached hydrogen (secondary N) is 2. The van der Waals surface area contributed by atoms with Crippen LogP contribution < -0.4 is 15.4 Å². The first-order chi connectivity index (χ1) is 12.0. The van der Waals surface area contributed by atoms with Crippen LogP contribution in [0.25, 0.3) is 0 Å². The van der Waals surface area contributed by atoms with Crippen LogP contribution in [0.15, 0.2) is 18.2 Å². The van der Waals surface area contributed by atoms with E-state index in [0.29, 0.717) is 41.4 Å². The number of fused-ring (bicyclic) bond motifs is 2. The van der Waals surface area contributed by atoms with Gasteiger partial charge < -0.3 is 20.3 Å². The molecule has 2 fully saturated rings. The van der Waals surface area contributed by atoms with Crippen LogP contribution >= 0.6 is 0 Å². The molecule has 2 aliphatic rings. The number of nitrogens with zero attached hydrogens (tertiary/aromatic N) is 1. The lowest BCUT2D eigenvalue weighted by Gasteiger charge is -2.28. The molecule has 136 valence electrons. The van der Waals surface area contributed by atoms with Crippen LogP contribution in [0.5, 0.6) is 5.75 Å². The van der Waals surface area contributed by atoms with Crippen LogP contribution in [-0.2, 0) is 4.79 Å². The Kier molecular flexibility index (Phi) is 5.27. The highest BCUT2D eigenvalue weighted by Gasteiger charge is 2.34. The molecule has 2 aliphatic heterocycles. The maximum atomic E-state index is 12.4. The Labute approximate surface area is 148 Å². The van der Waals surface area contributed by atoms with Crippen molar-refractivity contribution in [2.75, 3.05) is 26.5 Å². The predicted octanol–water partition coefficient (Wildman–Crippen LogP) is 2.26. The van der Waals surface area contributed by atoms with Crippen LogP contribution in [0.3, 0.4) is 0 Å². The standard InChI is InChI=1S/C19H27N3O3/c1-22(2)19(24)13-4-7-16(17(11-13)25-3)21-18(23)10-12-8-14-5-6-15(9-12)20-14/h4,7,11-12,14-15,20H,5-6,8-10H2,1-3H3,(H,21,23). The summed E-state index contributed by atoms with van der Waals surface area (Å²) < 4.78 is 5.36. The molecule has 2 saturated heterocycles. The largest absolute Gasteiger partial charge is 0.495 e. The number of amides is 2. The van der Waals surface area contributed by atoms with E-state index in [4.69, 9.17) is 4.74 Å². The molecule has 0 aromatic heterocycles. The maximum absolute atomic E-state index is 12.4. The van der Waals surface area contributed by atoms with E-state index < -0.39 is 0 Å². The summed E-state index contributed by atoms with van der Waals surface area (Å²) >= 11 is 0. The molecule has 2 heterocycles. The van der Waals surface area contributed by atoms with Crippen molar-refractivity contribution < 1.29 is 14.3 Å². The highest BCUT2D eigenvalue weighted by atomic mass is 16.5. The van der Waals surface area contributed by atoms with Crippen molar-refractivity contribution in [3.8, 4) is 5.75 Å². The fourth-order valence-electron chi connectivity index (χ4n) is 3.99. The van der Waals surface area contributed by atoms with Crippen molar-refractivity contribution in [2.24, 2.45) is 5.92 Å². The van der Waals surface area contributed by atoms with Gasteiger partial charge in [0.2, 0.25) is 5.91 Å². The Morgan fingerprint density at radius 3 is 2.52 bits per heavy atom. The molecular formula is C19H27N3O3. The van der Waals surface area contributed by atoms with Gasteiger partial charge in [0, 0.05) is 38.2 Å². The number of anilines is 1. The summed E-state index contributed by atoms with van der Waals surface area (Å²) in [5, 5.41) is 6.54. The summed E-state index contributed by atoms with van der Waals surface area (Å²) in [4.78, 5) is 26.0. The van der Waals surface area contributed by atoms with E-state index in [1.54, 1.807) is 39.4 Å². The Morgan fingerprint density at radius 2 is 1.92 bits per heavy atom. The van der Waals surface area contributed by atoms with Gasteiger partial charge in [0.15, 0.2) is 0 Å². The lowest BCUT2D eigenvalue weighted by molar-refractivity contribution is -0.117. The van der Waals surface area contributed by atoms with Crippen molar-refractivity contribution in [1.82, 2.24) is 10.2 Å². The highest BCUT2D eigenvalue weighted by Crippen LogP contribution is 2.33. The number of rotatable bonds is 5. The second-order valence-electron chi connectivity index (χ2n) is 7.34. The van der Waals surface area contributed by atoms with E-state index in [1.165, 1.54) is 17.7 Å². The third kappa shape index (κ3) is 4.12. The summed E-state index contributed by atoms with van der Waals surface area (Å²) in [6, 6.07) is 6.29. The molecule has 3 rings (SSSR count). The van der Waals surface area contributed by atoms with Gasteiger partial charge in [0.1, 0.15) is 5.75 Å². The highest BCUT2D eigenvalue weighted by molar-refractivity contribution is 5.97. The number of benzene rings is 1. The van der Waals surface area contributed by atoms with Crippen molar-refractivity contribution in [3.05, 3.63) is 23.8 Å². The maximum Gasteiger partial charge on any atom is 0.253 e.